The number of piperidine rings is 2. The number of thiophene rings is 1. The van der Waals surface area contributed by atoms with Gasteiger partial charge in [0.1, 0.15) is 23.5 Å². The van der Waals surface area contributed by atoms with Crippen LogP contribution in [-0.2, 0) is 63.0 Å². The lowest BCUT2D eigenvalue weighted by Gasteiger charge is -2.32. The molecule has 0 saturated carbocycles. The predicted octanol–water partition coefficient (Wildman–Crippen LogP) is 5.28. The van der Waals surface area contributed by atoms with E-state index < -0.39 is 6.04 Å². The minimum atomic E-state index is -0.604. The van der Waals surface area contributed by atoms with Gasteiger partial charge in [-0.2, -0.15) is 5.10 Å². The quantitative estimate of drug-likeness (QED) is 0.0717. The Kier molecular flexibility index (Phi) is 12.4. The van der Waals surface area contributed by atoms with Gasteiger partial charge in [0.25, 0.3) is 5.91 Å². The molecule has 5 aromatic rings. The summed E-state index contributed by atoms with van der Waals surface area (Å²) in [6.45, 7) is 7.10. The van der Waals surface area contributed by atoms with Crippen LogP contribution in [0.5, 0.6) is 0 Å². The van der Waals surface area contributed by atoms with E-state index in [0.717, 1.165) is 95.5 Å². The molecule has 2 saturated heterocycles. The topological polar surface area (TPSA) is 154 Å². The van der Waals surface area contributed by atoms with E-state index in [1.165, 1.54) is 11.1 Å². The lowest BCUT2D eigenvalue weighted by Crippen LogP contribution is -2.52. The highest BCUT2D eigenvalue weighted by Gasteiger charge is 2.40. The van der Waals surface area contributed by atoms with Crippen LogP contribution in [-0.4, -0.2) is 90.3 Å². The molecule has 14 nitrogen and oxygen atoms in total. The number of imide groups is 1. The van der Waals surface area contributed by atoms with Gasteiger partial charge in [-0.3, -0.25) is 33.7 Å². The molecule has 15 heteroatoms. The first kappa shape index (κ1) is 41.4. The molecule has 0 aliphatic carbocycles. The highest BCUT2D eigenvalue weighted by molar-refractivity contribution is 7.15. The number of aromatic nitrogens is 5. The molecule has 1 atom stereocenters. The van der Waals surface area contributed by atoms with E-state index in [0.29, 0.717) is 63.7 Å². The van der Waals surface area contributed by atoms with Crippen molar-refractivity contribution < 1.29 is 28.7 Å². The number of fused-ring (bicyclic) bond motifs is 4. The molecule has 2 aromatic carbocycles. The minimum Gasteiger partial charge on any atom is -0.466 e. The molecule has 3 aromatic heterocycles. The predicted molar refractivity (Wildman–Crippen MR) is 230 cm³/mol. The van der Waals surface area contributed by atoms with Gasteiger partial charge in [-0.25, -0.2) is 0 Å². The first-order valence-corrected chi connectivity index (χ1v) is 22.4. The minimum absolute atomic E-state index is 0.127. The summed E-state index contributed by atoms with van der Waals surface area (Å²) in [6, 6.07) is 15.7. The number of esters is 1. The van der Waals surface area contributed by atoms with Crippen molar-refractivity contribution >= 4 is 35.0 Å². The average Bonchev–Trinajstić information content (AvgIpc) is 4.02. The number of nitrogens with zero attached hydrogens (tertiary/aromatic N) is 7. The summed E-state index contributed by atoms with van der Waals surface area (Å²) < 4.78 is 15.6. The van der Waals surface area contributed by atoms with Crippen LogP contribution < -0.4 is 5.32 Å². The Labute approximate surface area is 364 Å². The van der Waals surface area contributed by atoms with Gasteiger partial charge in [0, 0.05) is 49.8 Å². The van der Waals surface area contributed by atoms with Crippen LogP contribution in [0.1, 0.15) is 105 Å². The number of hydrogen-bond donors (Lipinski definition) is 1. The van der Waals surface area contributed by atoms with Crippen molar-refractivity contribution in [2.75, 3.05) is 26.2 Å². The van der Waals surface area contributed by atoms with Gasteiger partial charge in [-0.1, -0.05) is 54.3 Å². The summed E-state index contributed by atoms with van der Waals surface area (Å²) >= 11 is 1.64. The molecular formula is C47H50N8O6S. The zero-order valence-electron chi connectivity index (χ0n) is 34.9. The van der Waals surface area contributed by atoms with E-state index in [1.54, 1.807) is 22.4 Å². The number of aryl methyl sites for hydroxylation is 2. The van der Waals surface area contributed by atoms with Crippen LogP contribution in [0.25, 0.3) is 5.00 Å². The third-order valence-electron chi connectivity index (χ3n) is 12.4. The largest absolute Gasteiger partial charge is 0.466 e. The maximum Gasteiger partial charge on any atom is 0.305 e. The second-order valence-electron chi connectivity index (χ2n) is 16.6. The number of hydrogen-bond acceptors (Lipinski definition) is 11. The Morgan fingerprint density at radius 2 is 1.82 bits per heavy atom. The molecule has 1 N–H and O–H groups in total. The van der Waals surface area contributed by atoms with E-state index in [9.17, 15) is 19.2 Å². The van der Waals surface area contributed by atoms with Gasteiger partial charge in [0.2, 0.25) is 11.8 Å². The monoisotopic (exact) mass is 854 g/mol. The number of nitrogens with one attached hydrogen (secondary N) is 1. The number of likely N-dealkylation sites (tertiary alicyclic amines) is 1. The normalized spacial score (nSPS) is 17.8. The van der Waals surface area contributed by atoms with Crippen molar-refractivity contribution in [3.05, 3.63) is 116 Å². The van der Waals surface area contributed by atoms with Crippen LogP contribution in [0.3, 0.4) is 0 Å². The lowest BCUT2D eigenvalue weighted by molar-refractivity contribution is -0.144. The molecule has 62 heavy (non-hydrogen) atoms. The van der Waals surface area contributed by atoms with Crippen molar-refractivity contribution in [3.8, 4) is 16.8 Å². The van der Waals surface area contributed by atoms with Crippen molar-refractivity contribution in [2.24, 2.45) is 5.92 Å². The molecule has 7 heterocycles. The van der Waals surface area contributed by atoms with Gasteiger partial charge < -0.3 is 19.3 Å². The molecule has 2 fully saturated rings. The van der Waals surface area contributed by atoms with E-state index in [4.69, 9.17) is 9.47 Å². The highest BCUT2D eigenvalue weighted by atomic mass is 32.1. The number of carbonyl (C=O) groups is 4. The van der Waals surface area contributed by atoms with E-state index in [-0.39, 0.29) is 30.1 Å². The Balaban J connectivity index is 0.703. The highest BCUT2D eigenvalue weighted by Crippen LogP contribution is 2.37. The summed E-state index contributed by atoms with van der Waals surface area (Å²) in [7, 11) is 0. The summed E-state index contributed by atoms with van der Waals surface area (Å²) in [5.41, 5.74) is 7.16. The van der Waals surface area contributed by atoms with Gasteiger partial charge in [0.05, 0.1) is 29.9 Å². The molecule has 320 valence electrons. The third kappa shape index (κ3) is 9.13. The number of ether oxygens (including phenoxy) is 2. The number of amides is 3. The first-order chi connectivity index (χ1) is 30.3. The molecule has 4 aliphatic rings. The zero-order valence-corrected chi connectivity index (χ0v) is 35.8. The van der Waals surface area contributed by atoms with Crippen molar-refractivity contribution in [3.63, 3.8) is 0 Å². The fourth-order valence-corrected chi connectivity index (χ4v) is 10.3. The average molecular weight is 855 g/mol. The summed E-state index contributed by atoms with van der Waals surface area (Å²) in [6.07, 6.45) is 9.78. The second kappa shape index (κ2) is 18.6. The lowest BCUT2D eigenvalue weighted by atomic mass is 9.87. The number of carbonyl (C=O) groups excluding carboxylic acids is 4. The second-order valence-corrected chi connectivity index (χ2v) is 17.6. The van der Waals surface area contributed by atoms with Crippen molar-refractivity contribution in [1.82, 2.24) is 39.7 Å². The SMILES string of the molecule is Cc1nnc2n1-c1sc(C#Cc3cnn(CCCC(=O)OCCCN4CCC(Cc5cccc6c5CN(C5CCC(=O)NC5=O)C6=O)CC4)c3)c(Cc3ccccc3)c1COC2. The van der Waals surface area contributed by atoms with Crippen LogP contribution >= 0.6 is 11.3 Å². The fraction of sp³-hybridized carbons (Fsp3) is 0.426. The first-order valence-electron chi connectivity index (χ1n) is 21.6. The third-order valence-corrected chi connectivity index (χ3v) is 13.6. The van der Waals surface area contributed by atoms with Crippen molar-refractivity contribution in [1.29, 1.82) is 0 Å². The number of benzene rings is 2. The number of rotatable bonds is 13. The van der Waals surface area contributed by atoms with E-state index >= 15 is 0 Å². The molecule has 3 amide bonds. The Morgan fingerprint density at radius 3 is 2.66 bits per heavy atom. The van der Waals surface area contributed by atoms with Crippen LogP contribution in [0.4, 0.5) is 0 Å². The van der Waals surface area contributed by atoms with Crippen molar-refractivity contribution in [2.45, 2.75) is 97.1 Å². The molecular weight excluding hydrogens is 805 g/mol. The van der Waals surface area contributed by atoms with Gasteiger partial charge >= 0.3 is 5.97 Å². The van der Waals surface area contributed by atoms with Crippen LogP contribution in [0.2, 0.25) is 0 Å². The molecule has 4 aliphatic heterocycles. The Morgan fingerprint density at radius 1 is 0.968 bits per heavy atom. The van der Waals surface area contributed by atoms with Crippen LogP contribution in [0, 0.1) is 24.7 Å². The molecule has 9 rings (SSSR count). The standard InChI is InChI=1S/C47H50N8O6S/c1-31-50-51-42-30-60-29-39-37(25-32-8-3-2-4-9-32)41(62-47(39)55(31)42)15-13-34-26-48-53(27-34)20-6-12-44(57)61-23-7-19-52-21-17-33(18-22-52)24-35-10-5-11-36-38(35)28-54(46(36)59)40-14-16-43(56)49-45(40)58/h2-5,8-11,26-27,33,40H,6-7,12,14,16-25,28-30H2,1H3,(H,49,56,58). The van der Waals surface area contributed by atoms with Crippen LogP contribution in [0.15, 0.2) is 60.9 Å². The van der Waals surface area contributed by atoms with Gasteiger partial charge in [0.15, 0.2) is 5.82 Å². The van der Waals surface area contributed by atoms with Gasteiger partial charge in [-0.05, 0) is 99.2 Å². The maximum atomic E-state index is 13.3. The summed E-state index contributed by atoms with van der Waals surface area (Å²) in [4.78, 5) is 55.1. The summed E-state index contributed by atoms with van der Waals surface area (Å²) in [5.74, 6) is 7.91. The zero-order chi connectivity index (χ0) is 42.6. The van der Waals surface area contributed by atoms with Gasteiger partial charge in [-0.15, -0.1) is 21.5 Å². The maximum absolute atomic E-state index is 13.3. The molecule has 1 unspecified atom stereocenters. The van der Waals surface area contributed by atoms with E-state index in [1.807, 2.05) is 36.0 Å². The Hall–Kier alpha value is -5.95. The van der Waals surface area contributed by atoms with E-state index in [2.05, 4.69) is 72.3 Å². The summed E-state index contributed by atoms with van der Waals surface area (Å²) in [5, 5.41) is 16.6. The molecule has 0 bridgehead atoms. The Bertz CT molecular complexity index is 2540. The smallest absolute Gasteiger partial charge is 0.305 e. The molecule has 0 radical (unpaired) electrons. The molecule has 0 spiro atoms. The fourth-order valence-electron chi connectivity index (χ4n) is 9.09.